The van der Waals surface area contributed by atoms with Crippen LogP contribution in [0.3, 0.4) is 0 Å². The number of hydrogen-bond acceptors (Lipinski definition) is 5. The van der Waals surface area contributed by atoms with Crippen molar-refractivity contribution < 1.29 is 24.2 Å². The van der Waals surface area contributed by atoms with Gasteiger partial charge in [0, 0.05) is 24.8 Å². The summed E-state index contributed by atoms with van der Waals surface area (Å²) >= 11 is 0. The standard InChI is InChI=1S/C27H32N2O5/c1-3-17-11-13-21-23(22(17)27(33)34-4-2)26(32)29(14-7-15-30)24(21)25(31)28-20-12-10-18-8-5-6-9-19(18)16-20/h5-6,8-13,16-17,21-24,30H,3-4,7,14-15H2,1-2H3,(H,28,31)/t17-,21+,22-,23+,24+/m1/s1. The van der Waals surface area contributed by atoms with Crippen LogP contribution < -0.4 is 5.32 Å². The lowest BCUT2D eigenvalue weighted by atomic mass is 9.69. The third kappa shape index (κ3) is 4.44. The normalized spacial score (nSPS) is 25.9. The lowest BCUT2D eigenvalue weighted by molar-refractivity contribution is -0.155. The predicted molar refractivity (Wildman–Crippen MR) is 130 cm³/mol. The minimum atomic E-state index is -0.762. The number of aliphatic hydroxyl groups is 1. The van der Waals surface area contributed by atoms with Crippen molar-refractivity contribution in [3.05, 3.63) is 54.6 Å². The van der Waals surface area contributed by atoms with Crippen molar-refractivity contribution >= 4 is 34.2 Å². The largest absolute Gasteiger partial charge is 0.466 e. The van der Waals surface area contributed by atoms with Gasteiger partial charge in [-0.3, -0.25) is 14.4 Å². The van der Waals surface area contributed by atoms with Gasteiger partial charge in [-0.2, -0.15) is 0 Å². The molecule has 0 unspecified atom stereocenters. The van der Waals surface area contributed by atoms with Crippen molar-refractivity contribution in [1.82, 2.24) is 4.90 Å². The van der Waals surface area contributed by atoms with E-state index in [-0.39, 0.29) is 43.5 Å². The maximum atomic E-state index is 13.6. The van der Waals surface area contributed by atoms with E-state index in [9.17, 15) is 19.5 Å². The van der Waals surface area contributed by atoms with Crippen LogP contribution in [0.2, 0.25) is 0 Å². The molecule has 7 nitrogen and oxygen atoms in total. The molecular formula is C27H32N2O5. The van der Waals surface area contributed by atoms with Gasteiger partial charge >= 0.3 is 5.97 Å². The number of allylic oxidation sites excluding steroid dienone is 1. The lowest BCUT2D eigenvalue weighted by Crippen LogP contribution is -2.44. The van der Waals surface area contributed by atoms with Gasteiger partial charge in [-0.1, -0.05) is 49.4 Å². The van der Waals surface area contributed by atoms with Crippen molar-refractivity contribution in [1.29, 1.82) is 0 Å². The minimum absolute atomic E-state index is 0.0904. The summed E-state index contributed by atoms with van der Waals surface area (Å²) in [7, 11) is 0. The van der Waals surface area contributed by atoms with Gasteiger partial charge in [0.1, 0.15) is 6.04 Å². The summed E-state index contributed by atoms with van der Waals surface area (Å²) in [5, 5.41) is 14.5. The Balaban J connectivity index is 1.66. The molecule has 2 aromatic carbocycles. The van der Waals surface area contributed by atoms with Gasteiger partial charge in [0.15, 0.2) is 0 Å². The first-order chi connectivity index (χ1) is 16.5. The van der Waals surface area contributed by atoms with E-state index in [0.29, 0.717) is 18.5 Å². The zero-order valence-corrected chi connectivity index (χ0v) is 19.6. The number of nitrogens with zero attached hydrogens (tertiary/aromatic N) is 1. The number of anilines is 1. The second kappa shape index (κ2) is 10.4. The topological polar surface area (TPSA) is 95.9 Å². The highest BCUT2D eigenvalue weighted by Crippen LogP contribution is 2.45. The summed E-state index contributed by atoms with van der Waals surface area (Å²) in [5.74, 6) is -2.74. The van der Waals surface area contributed by atoms with Gasteiger partial charge in [0.05, 0.1) is 18.4 Å². The number of aliphatic hydroxyl groups excluding tert-OH is 1. The van der Waals surface area contributed by atoms with Crippen LogP contribution in [0.25, 0.3) is 10.8 Å². The van der Waals surface area contributed by atoms with Gasteiger partial charge < -0.3 is 20.1 Å². The van der Waals surface area contributed by atoms with E-state index >= 15 is 0 Å². The molecule has 0 spiro atoms. The van der Waals surface area contributed by atoms with Crippen LogP contribution in [0.15, 0.2) is 54.6 Å². The number of carbonyl (C=O) groups excluding carboxylic acids is 3. The summed E-state index contributed by atoms with van der Waals surface area (Å²) in [6.07, 6.45) is 4.94. The molecular weight excluding hydrogens is 432 g/mol. The summed E-state index contributed by atoms with van der Waals surface area (Å²) in [6.45, 7) is 4.12. The van der Waals surface area contributed by atoms with Crippen molar-refractivity contribution in [2.45, 2.75) is 32.7 Å². The van der Waals surface area contributed by atoms with E-state index in [4.69, 9.17) is 4.74 Å². The SMILES string of the molecule is CCOC(=O)[C@H]1[C@H]2C(=O)N(CCCO)[C@H](C(=O)Nc3ccc4ccccc4c3)[C@H]2C=C[C@H]1CC. The highest BCUT2D eigenvalue weighted by molar-refractivity contribution is 6.02. The van der Waals surface area contributed by atoms with Gasteiger partial charge in [-0.05, 0) is 48.6 Å². The van der Waals surface area contributed by atoms with E-state index in [2.05, 4.69) is 5.32 Å². The number of rotatable bonds is 8. The second-order valence-electron chi connectivity index (χ2n) is 8.94. The number of carbonyl (C=O) groups is 3. The van der Waals surface area contributed by atoms with E-state index in [0.717, 1.165) is 10.8 Å². The quantitative estimate of drug-likeness (QED) is 0.461. The number of hydrogen-bond donors (Lipinski definition) is 2. The second-order valence-corrected chi connectivity index (χ2v) is 8.94. The van der Waals surface area contributed by atoms with E-state index < -0.39 is 23.8 Å². The van der Waals surface area contributed by atoms with Gasteiger partial charge in [-0.15, -0.1) is 0 Å². The third-order valence-electron chi connectivity index (χ3n) is 6.98. The van der Waals surface area contributed by atoms with Crippen molar-refractivity contribution in [2.24, 2.45) is 23.7 Å². The van der Waals surface area contributed by atoms with Crippen LogP contribution >= 0.6 is 0 Å². The van der Waals surface area contributed by atoms with Gasteiger partial charge in [-0.25, -0.2) is 0 Å². The van der Waals surface area contributed by atoms with Crippen LogP contribution in [0.4, 0.5) is 5.69 Å². The molecule has 2 N–H and O–H groups in total. The Bertz CT molecular complexity index is 1100. The average molecular weight is 465 g/mol. The number of likely N-dealkylation sites (tertiary alicyclic amines) is 1. The molecule has 1 heterocycles. The lowest BCUT2D eigenvalue weighted by Gasteiger charge is -2.33. The highest BCUT2D eigenvalue weighted by Gasteiger charge is 2.57. The number of nitrogens with one attached hydrogen (secondary N) is 1. The Labute approximate surface area is 199 Å². The van der Waals surface area contributed by atoms with Crippen molar-refractivity contribution in [3.63, 3.8) is 0 Å². The number of fused-ring (bicyclic) bond motifs is 2. The highest BCUT2D eigenvalue weighted by atomic mass is 16.5. The average Bonchev–Trinajstić information content (AvgIpc) is 3.13. The molecule has 2 aromatic rings. The van der Waals surface area contributed by atoms with Crippen LogP contribution in [0.1, 0.15) is 26.7 Å². The molecule has 1 aliphatic carbocycles. The fourth-order valence-electron chi connectivity index (χ4n) is 5.41. The van der Waals surface area contributed by atoms with Gasteiger partial charge in [0.25, 0.3) is 0 Å². The fraction of sp³-hybridized carbons (Fsp3) is 0.444. The molecule has 0 aromatic heterocycles. The first-order valence-corrected chi connectivity index (χ1v) is 12.1. The summed E-state index contributed by atoms with van der Waals surface area (Å²) in [6, 6.07) is 12.8. The van der Waals surface area contributed by atoms with E-state index in [1.165, 1.54) is 4.90 Å². The number of benzene rings is 2. The first-order valence-electron chi connectivity index (χ1n) is 12.1. The summed E-state index contributed by atoms with van der Waals surface area (Å²) in [5.41, 5.74) is 0.648. The molecule has 2 aliphatic rings. The van der Waals surface area contributed by atoms with E-state index in [1.54, 1.807) is 6.92 Å². The van der Waals surface area contributed by atoms with Crippen LogP contribution in [-0.4, -0.2) is 53.6 Å². The fourth-order valence-corrected chi connectivity index (χ4v) is 5.41. The molecule has 1 fully saturated rings. The molecule has 180 valence electrons. The number of esters is 1. The van der Waals surface area contributed by atoms with E-state index in [1.807, 2.05) is 61.5 Å². The van der Waals surface area contributed by atoms with Gasteiger partial charge in [0.2, 0.25) is 11.8 Å². The maximum Gasteiger partial charge on any atom is 0.310 e. The summed E-state index contributed by atoms with van der Waals surface area (Å²) < 4.78 is 5.33. The molecule has 34 heavy (non-hydrogen) atoms. The Morgan fingerprint density at radius 3 is 2.56 bits per heavy atom. The zero-order chi connectivity index (χ0) is 24.2. The number of ether oxygens (including phenoxy) is 1. The third-order valence-corrected chi connectivity index (χ3v) is 6.98. The molecule has 0 bridgehead atoms. The summed E-state index contributed by atoms with van der Waals surface area (Å²) in [4.78, 5) is 41.6. The maximum absolute atomic E-state index is 13.6. The molecule has 2 amide bonds. The van der Waals surface area contributed by atoms with Crippen LogP contribution in [0, 0.1) is 23.7 Å². The Kier molecular flexibility index (Phi) is 7.32. The molecule has 1 saturated heterocycles. The van der Waals surface area contributed by atoms with Crippen LogP contribution in [-0.2, 0) is 19.1 Å². The Morgan fingerprint density at radius 2 is 1.85 bits per heavy atom. The first kappa shape index (κ1) is 24.0. The number of amides is 2. The Hall–Kier alpha value is -3.19. The molecule has 4 rings (SSSR count). The molecule has 1 aliphatic heterocycles. The zero-order valence-electron chi connectivity index (χ0n) is 19.6. The van der Waals surface area contributed by atoms with Crippen molar-refractivity contribution in [2.75, 3.05) is 25.1 Å². The molecule has 5 atom stereocenters. The smallest absolute Gasteiger partial charge is 0.310 e. The monoisotopic (exact) mass is 464 g/mol. The Morgan fingerprint density at radius 1 is 1.09 bits per heavy atom. The van der Waals surface area contributed by atoms with Crippen LogP contribution in [0.5, 0.6) is 0 Å². The minimum Gasteiger partial charge on any atom is -0.466 e. The molecule has 0 saturated carbocycles. The molecule has 7 heteroatoms. The molecule has 0 radical (unpaired) electrons. The predicted octanol–water partition coefficient (Wildman–Crippen LogP) is 3.38. The van der Waals surface area contributed by atoms with Crippen molar-refractivity contribution in [3.8, 4) is 0 Å².